The monoisotopic (exact) mass is 375 g/mol. The van der Waals surface area contributed by atoms with E-state index in [-0.39, 0.29) is 11.1 Å². The molecule has 1 aliphatic rings. The number of rotatable bonds is 4. The number of thioether (sulfide) groups is 1. The van der Waals surface area contributed by atoms with Gasteiger partial charge in [0, 0.05) is 5.02 Å². The lowest BCUT2D eigenvalue weighted by Crippen LogP contribution is -2.27. The predicted molar refractivity (Wildman–Crippen MR) is 99.4 cm³/mol. The fourth-order valence-corrected chi connectivity index (χ4v) is 3.43. The van der Waals surface area contributed by atoms with Crippen LogP contribution in [0.15, 0.2) is 47.4 Å². The highest BCUT2D eigenvalue weighted by Gasteiger charge is 2.36. The number of hydrogen-bond donors (Lipinski definition) is 0. The van der Waals surface area contributed by atoms with Crippen LogP contribution in [0.4, 0.5) is 10.5 Å². The van der Waals surface area contributed by atoms with Crippen LogP contribution in [-0.2, 0) is 4.79 Å². The summed E-state index contributed by atoms with van der Waals surface area (Å²) in [6.45, 7) is 0. The number of methoxy groups -OCH3 is 2. The van der Waals surface area contributed by atoms with Gasteiger partial charge in [0.05, 0.1) is 24.8 Å². The Morgan fingerprint density at radius 1 is 1.04 bits per heavy atom. The van der Waals surface area contributed by atoms with Gasteiger partial charge in [0.1, 0.15) is 0 Å². The summed E-state index contributed by atoms with van der Waals surface area (Å²) >= 11 is 6.83. The second kappa shape index (κ2) is 7.21. The number of carbonyl (C=O) groups is 2. The molecule has 5 nitrogen and oxygen atoms in total. The van der Waals surface area contributed by atoms with E-state index in [0.717, 1.165) is 22.2 Å². The third-order valence-corrected chi connectivity index (χ3v) is 4.67. The van der Waals surface area contributed by atoms with Crippen molar-refractivity contribution in [3.8, 4) is 11.5 Å². The Balaban J connectivity index is 1.93. The first-order valence-electron chi connectivity index (χ1n) is 7.29. The van der Waals surface area contributed by atoms with Gasteiger partial charge in [-0.2, -0.15) is 0 Å². The highest BCUT2D eigenvalue weighted by molar-refractivity contribution is 8.19. The zero-order valence-corrected chi connectivity index (χ0v) is 15.1. The number of benzene rings is 2. The number of anilines is 1. The van der Waals surface area contributed by atoms with Crippen LogP contribution in [0.25, 0.3) is 6.08 Å². The summed E-state index contributed by atoms with van der Waals surface area (Å²) in [5.41, 5.74) is 1.18. The Hall–Kier alpha value is -2.44. The van der Waals surface area contributed by atoms with Crippen LogP contribution in [-0.4, -0.2) is 25.4 Å². The van der Waals surface area contributed by atoms with Gasteiger partial charge in [-0.25, -0.2) is 4.90 Å². The molecule has 0 unspecified atom stereocenters. The Kier molecular flexibility index (Phi) is 5.01. The van der Waals surface area contributed by atoms with Crippen LogP contribution in [0.3, 0.4) is 0 Å². The predicted octanol–water partition coefficient (Wildman–Crippen LogP) is 4.60. The fourth-order valence-electron chi connectivity index (χ4n) is 2.40. The summed E-state index contributed by atoms with van der Waals surface area (Å²) in [5, 5.41) is 0.0967. The SMILES string of the molecule is COc1ccc(/C=C2\SC(=O)N(c3cccc(Cl)c3)C2=O)cc1OC. The lowest BCUT2D eigenvalue weighted by atomic mass is 10.2. The summed E-state index contributed by atoms with van der Waals surface area (Å²) in [6, 6.07) is 11.9. The first-order chi connectivity index (χ1) is 12.0. The van der Waals surface area contributed by atoms with Gasteiger partial charge in [-0.15, -0.1) is 0 Å². The molecule has 1 saturated heterocycles. The van der Waals surface area contributed by atoms with E-state index < -0.39 is 0 Å². The molecule has 0 aliphatic carbocycles. The molecule has 1 heterocycles. The molecule has 1 fully saturated rings. The topological polar surface area (TPSA) is 55.8 Å². The minimum atomic E-state index is -0.382. The van der Waals surface area contributed by atoms with Crippen LogP contribution in [0.1, 0.15) is 5.56 Å². The lowest BCUT2D eigenvalue weighted by molar-refractivity contribution is -0.113. The fraction of sp³-hybridized carbons (Fsp3) is 0.111. The number of ether oxygens (including phenoxy) is 2. The normalized spacial score (nSPS) is 15.8. The third-order valence-electron chi connectivity index (χ3n) is 3.57. The van der Waals surface area contributed by atoms with Crippen LogP contribution >= 0.6 is 23.4 Å². The molecule has 128 valence electrons. The van der Waals surface area contributed by atoms with E-state index in [1.807, 2.05) is 0 Å². The molecule has 0 spiro atoms. The minimum absolute atomic E-state index is 0.331. The number of halogens is 1. The summed E-state index contributed by atoms with van der Waals surface area (Å²) in [6.07, 6.45) is 1.65. The summed E-state index contributed by atoms with van der Waals surface area (Å²) in [7, 11) is 3.09. The summed E-state index contributed by atoms with van der Waals surface area (Å²) < 4.78 is 10.4. The number of hydrogen-bond acceptors (Lipinski definition) is 5. The van der Waals surface area contributed by atoms with Crippen LogP contribution in [0.2, 0.25) is 5.02 Å². The molecule has 0 saturated carbocycles. The second-order valence-electron chi connectivity index (χ2n) is 5.11. The van der Waals surface area contributed by atoms with Crippen LogP contribution in [0, 0.1) is 0 Å². The van der Waals surface area contributed by atoms with E-state index in [1.165, 1.54) is 7.11 Å². The van der Waals surface area contributed by atoms with Crippen LogP contribution < -0.4 is 14.4 Å². The number of nitrogens with zero attached hydrogens (tertiary/aromatic N) is 1. The first-order valence-corrected chi connectivity index (χ1v) is 8.48. The van der Waals surface area contributed by atoms with Gasteiger partial charge in [0.2, 0.25) is 0 Å². The highest BCUT2D eigenvalue weighted by Crippen LogP contribution is 2.37. The third kappa shape index (κ3) is 3.50. The van der Waals surface area contributed by atoms with Crippen molar-refractivity contribution in [1.29, 1.82) is 0 Å². The molecule has 0 N–H and O–H groups in total. The van der Waals surface area contributed by atoms with Crippen molar-refractivity contribution in [2.24, 2.45) is 0 Å². The average Bonchev–Trinajstić information content (AvgIpc) is 2.88. The molecule has 0 radical (unpaired) electrons. The van der Waals surface area contributed by atoms with E-state index in [4.69, 9.17) is 21.1 Å². The van der Waals surface area contributed by atoms with E-state index in [2.05, 4.69) is 0 Å². The molecule has 25 heavy (non-hydrogen) atoms. The van der Waals surface area contributed by atoms with Gasteiger partial charge >= 0.3 is 0 Å². The van der Waals surface area contributed by atoms with Crippen molar-refractivity contribution in [3.05, 3.63) is 58.0 Å². The quantitative estimate of drug-likeness (QED) is 0.731. The van der Waals surface area contributed by atoms with Crippen LogP contribution in [0.5, 0.6) is 11.5 Å². The van der Waals surface area contributed by atoms with Crippen molar-refractivity contribution >= 4 is 46.3 Å². The Labute approximate surface area is 154 Å². The van der Waals surface area contributed by atoms with Gasteiger partial charge in [0.15, 0.2) is 11.5 Å². The standard InChI is InChI=1S/C18H14ClNO4S/c1-23-14-7-6-11(8-15(14)24-2)9-16-17(21)20(18(22)25-16)13-5-3-4-12(19)10-13/h3-10H,1-2H3/b16-9-. The molecule has 0 bridgehead atoms. The van der Waals surface area contributed by atoms with Gasteiger partial charge in [-0.1, -0.05) is 23.7 Å². The van der Waals surface area contributed by atoms with Crippen molar-refractivity contribution in [3.63, 3.8) is 0 Å². The molecule has 7 heteroatoms. The van der Waals surface area contributed by atoms with E-state index in [1.54, 1.807) is 55.7 Å². The molecule has 2 aromatic rings. The summed E-state index contributed by atoms with van der Waals surface area (Å²) in [4.78, 5) is 26.3. The Morgan fingerprint density at radius 3 is 2.48 bits per heavy atom. The zero-order chi connectivity index (χ0) is 18.0. The molecular formula is C18H14ClNO4S. The van der Waals surface area contributed by atoms with Crippen molar-refractivity contribution < 1.29 is 19.1 Å². The Morgan fingerprint density at radius 2 is 1.80 bits per heavy atom. The molecule has 3 rings (SSSR count). The molecule has 0 atom stereocenters. The van der Waals surface area contributed by atoms with Crippen molar-refractivity contribution in [2.45, 2.75) is 0 Å². The number of carbonyl (C=O) groups excluding carboxylic acids is 2. The lowest BCUT2D eigenvalue weighted by Gasteiger charge is -2.12. The highest BCUT2D eigenvalue weighted by atomic mass is 35.5. The largest absolute Gasteiger partial charge is 0.493 e. The van der Waals surface area contributed by atoms with Gasteiger partial charge in [0.25, 0.3) is 11.1 Å². The number of amides is 2. The first kappa shape index (κ1) is 17.4. The molecular weight excluding hydrogens is 362 g/mol. The molecule has 2 amide bonds. The van der Waals surface area contributed by atoms with Crippen molar-refractivity contribution in [1.82, 2.24) is 0 Å². The zero-order valence-electron chi connectivity index (χ0n) is 13.5. The molecule has 2 aromatic carbocycles. The van der Waals surface area contributed by atoms with Gasteiger partial charge in [-0.3, -0.25) is 9.59 Å². The average molecular weight is 376 g/mol. The number of imide groups is 1. The Bertz CT molecular complexity index is 881. The van der Waals surface area contributed by atoms with E-state index in [9.17, 15) is 9.59 Å². The van der Waals surface area contributed by atoms with E-state index >= 15 is 0 Å². The maximum Gasteiger partial charge on any atom is 0.298 e. The maximum atomic E-state index is 12.6. The maximum absolute atomic E-state index is 12.6. The smallest absolute Gasteiger partial charge is 0.298 e. The van der Waals surface area contributed by atoms with Gasteiger partial charge < -0.3 is 9.47 Å². The minimum Gasteiger partial charge on any atom is -0.493 e. The van der Waals surface area contributed by atoms with Crippen molar-refractivity contribution in [2.75, 3.05) is 19.1 Å². The van der Waals surface area contributed by atoms with Gasteiger partial charge in [-0.05, 0) is 53.7 Å². The second-order valence-corrected chi connectivity index (χ2v) is 6.54. The molecule has 1 aliphatic heterocycles. The van der Waals surface area contributed by atoms with E-state index in [0.29, 0.717) is 27.1 Å². The summed E-state index contributed by atoms with van der Waals surface area (Å²) in [5.74, 6) is 0.754. The molecule has 0 aromatic heterocycles.